The van der Waals surface area contributed by atoms with Crippen molar-refractivity contribution in [1.82, 2.24) is 5.43 Å². The number of nitrogens with two attached hydrogens (primary N) is 1. The molecular weight excluding hydrogens is 202 g/mol. The molecule has 1 unspecified atom stereocenters. The van der Waals surface area contributed by atoms with Gasteiger partial charge in [-0.15, -0.1) is 0 Å². The van der Waals surface area contributed by atoms with Crippen LogP contribution < -0.4 is 11.2 Å². The van der Waals surface area contributed by atoms with Crippen LogP contribution in [0.5, 0.6) is 0 Å². The lowest BCUT2D eigenvalue weighted by Gasteiger charge is -2.05. The monoisotopic (exact) mass is 219 g/mol. The molecule has 3 N–H and O–H groups in total. The average molecular weight is 219 g/mol. The fraction of sp³-hybridized carbons (Fsp3) is 0.333. The minimum absolute atomic E-state index is 0.312. The fourth-order valence-electron chi connectivity index (χ4n) is 1.34. The average Bonchev–Trinajstić information content (AvgIpc) is 2.27. The van der Waals surface area contributed by atoms with Gasteiger partial charge in [0, 0.05) is 6.21 Å². The third-order valence-electron chi connectivity index (χ3n) is 2.23. The molecule has 0 aliphatic carbocycles. The SMILES string of the molecule is CC(C=NNC(N)=O)CCc1ccccc1. The maximum atomic E-state index is 10.4. The quantitative estimate of drug-likeness (QED) is 0.576. The molecule has 0 saturated heterocycles. The van der Waals surface area contributed by atoms with Crippen molar-refractivity contribution in [3.63, 3.8) is 0 Å². The first-order valence-electron chi connectivity index (χ1n) is 5.31. The van der Waals surface area contributed by atoms with E-state index in [0.717, 1.165) is 12.8 Å². The summed E-state index contributed by atoms with van der Waals surface area (Å²) in [7, 11) is 0. The van der Waals surface area contributed by atoms with Gasteiger partial charge in [0.1, 0.15) is 0 Å². The molecule has 0 aliphatic rings. The smallest absolute Gasteiger partial charge is 0.332 e. The molecule has 0 fully saturated rings. The molecule has 0 spiro atoms. The van der Waals surface area contributed by atoms with Crippen LogP contribution in [0.1, 0.15) is 18.9 Å². The summed E-state index contributed by atoms with van der Waals surface area (Å²) < 4.78 is 0. The number of hydrogen-bond donors (Lipinski definition) is 2. The molecule has 1 rings (SSSR count). The van der Waals surface area contributed by atoms with Gasteiger partial charge in [-0.05, 0) is 24.3 Å². The van der Waals surface area contributed by atoms with E-state index in [-0.39, 0.29) is 0 Å². The summed E-state index contributed by atoms with van der Waals surface area (Å²) in [6.45, 7) is 2.05. The third-order valence-corrected chi connectivity index (χ3v) is 2.23. The Morgan fingerprint density at radius 2 is 2.19 bits per heavy atom. The zero-order valence-corrected chi connectivity index (χ0v) is 9.39. The van der Waals surface area contributed by atoms with Crippen molar-refractivity contribution in [3.05, 3.63) is 35.9 Å². The number of carbonyl (C=O) groups is 1. The topological polar surface area (TPSA) is 67.5 Å². The number of urea groups is 1. The summed E-state index contributed by atoms with van der Waals surface area (Å²) in [5, 5.41) is 3.73. The number of carbonyl (C=O) groups excluding carboxylic acids is 1. The van der Waals surface area contributed by atoms with E-state index in [9.17, 15) is 4.79 Å². The molecule has 1 atom stereocenters. The number of amides is 2. The number of benzene rings is 1. The van der Waals surface area contributed by atoms with Gasteiger partial charge in [-0.2, -0.15) is 5.10 Å². The van der Waals surface area contributed by atoms with Crippen LogP contribution in [0.2, 0.25) is 0 Å². The highest BCUT2D eigenvalue weighted by Crippen LogP contribution is 2.07. The number of nitrogens with zero attached hydrogens (tertiary/aromatic N) is 1. The molecular formula is C12H17N3O. The maximum absolute atomic E-state index is 10.4. The predicted molar refractivity (Wildman–Crippen MR) is 65.1 cm³/mol. The van der Waals surface area contributed by atoms with Gasteiger partial charge < -0.3 is 5.73 Å². The number of hydrogen-bond acceptors (Lipinski definition) is 2. The molecule has 4 nitrogen and oxygen atoms in total. The molecule has 1 aromatic carbocycles. The molecule has 4 heteroatoms. The highest BCUT2D eigenvalue weighted by atomic mass is 16.2. The largest absolute Gasteiger partial charge is 0.350 e. The summed E-state index contributed by atoms with van der Waals surface area (Å²) in [4.78, 5) is 10.4. The van der Waals surface area contributed by atoms with Crippen LogP contribution in [0.25, 0.3) is 0 Å². The van der Waals surface area contributed by atoms with Gasteiger partial charge in [0.15, 0.2) is 0 Å². The lowest BCUT2D eigenvalue weighted by atomic mass is 10.0. The lowest BCUT2D eigenvalue weighted by molar-refractivity contribution is 0.249. The summed E-state index contributed by atoms with van der Waals surface area (Å²) in [6.07, 6.45) is 3.70. The highest BCUT2D eigenvalue weighted by molar-refractivity contribution is 5.73. The Morgan fingerprint density at radius 3 is 2.81 bits per heavy atom. The Bertz CT molecular complexity index is 349. The Balaban J connectivity index is 2.27. The van der Waals surface area contributed by atoms with E-state index in [4.69, 9.17) is 5.73 Å². The first-order chi connectivity index (χ1) is 7.68. The van der Waals surface area contributed by atoms with E-state index in [1.54, 1.807) is 6.21 Å². The molecule has 0 radical (unpaired) electrons. The first kappa shape index (κ1) is 12.2. The summed E-state index contributed by atoms with van der Waals surface area (Å²) >= 11 is 0. The highest BCUT2D eigenvalue weighted by Gasteiger charge is 1.99. The summed E-state index contributed by atoms with van der Waals surface area (Å²) in [5.74, 6) is 0.312. The van der Waals surface area contributed by atoms with Crippen molar-refractivity contribution < 1.29 is 4.79 Å². The fourth-order valence-corrected chi connectivity index (χ4v) is 1.34. The van der Waals surface area contributed by atoms with Gasteiger partial charge in [0.25, 0.3) is 0 Å². The van der Waals surface area contributed by atoms with Crippen LogP contribution in [0, 0.1) is 5.92 Å². The van der Waals surface area contributed by atoms with Crippen molar-refractivity contribution in [3.8, 4) is 0 Å². The second-order valence-electron chi connectivity index (χ2n) is 3.76. The Kier molecular flexibility index (Phi) is 5.05. The molecule has 16 heavy (non-hydrogen) atoms. The van der Waals surface area contributed by atoms with Crippen LogP contribution in [-0.4, -0.2) is 12.2 Å². The van der Waals surface area contributed by atoms with Crippen LogP contribution >= 0.6 is 0 Å². The molecule has 0 aliphatic heterocycles. The molecule has 0 heterocycles. The Labute approximate surface area is 95.5 Å². The molecule has 0 bridgehead atoms. The van der Waals surface area contributed by atoms with Crippen LogP contribution in [0.3, 0.4) is 0 Å². The van der Waals surface area contributed by atoms with E-state index >= 15 is 0 Å². The number of aryl methyl sites for hydroxylation is 1. The van der Waals surface area contributed by atoms with Crippen LogP contribution in [0.15, 0.2) is 35.4 Å². The molecule has 0 aromatic heterocycles. The van der Waals surface area contributed by atoms with E-state index in [0.29, 0.717) is 5.92 Å². The van der Waals surface area contributed by atoms with Gasteiger partial charge in [-0.3, -0.25) is 0 Å². The summed E-state index contributed by atoms with van der Waals surface area (Å²) in [6, 6.07) is 9.64. The zero-order chi connectivity index (χ0) is 11.8. The van der Waals surface area contributed by atoms with Crippen molar-refractivity contribution in [2.75, 3.05) is 0 Å². The maximum Gasteiger partial charge on any atom is 0.332 e. The first-order valence-corrected chi connectivity index (χ1v) is 5.31. The van der Waals surface area contributed by atoms with Gasteiger partial charge in [-0.25, -0.2) is 10.2 Å². The van der Waals surface area contributed by atoms with Crippen molar-refractivity contribution in [1.29, 1.82) is 0 Å². The van der Waals surface area contributed by atoms with E-state index < -0.39 is 6.03 Å². The van der Waals surface area contributed by atoms with Crippen molar-refractivity contribution >= 4 is 12.2 Å². The van der Waals surface area contributed by atoms with Gasteiger partial charge in [-0.1, -0.05) is 37.3 Å². The molecule has 1 aromatic rings. The van der Waals surface area contributed by atoms with Gasteiger partial charge >= 0.3 is 6.03 Å². The zero-order valence-electron chi connectivity index (χ0n) is 9.39. The van der Waals surface area contributed by atoms with Crippen molar-refractivity contribution in [2.45, 2.75) is 19.8 Å². The van der Waals surface area contributed by atoms with Gasteiger partial charge in [0.05, 0.1) is 0 Å². The summed E-state index contributed by atoms with van der Waals surface area (Å²) in [5.41, 5.74) is 8.37. The van der Waals surface area contributed by atoms with Crippen LogP contribution in [-0.2, 0) is 6.42 Å². The van der Waals surface area contributed by atoms with E-state index in [2.05, 4.69) is 29.6 Å². The van der Waals surface area contributed by atoms with E-state index in [1.165, 1.54) is 5.56 Å². The molecule has 0 saturated carbocycles. The minimum Gasteiger partial charge on any atom is -0.350 e. The van der Waals surface area contributed by atoms with Gasteiger partial charge in [0.2, 0.25) is 0 Å². The number of nitrogens with one attached hydrogen (secondary N) is 1. The Hall–Kier alpha value is -1.84. The second kappa shape index (κ2) is 6.61. The van der Waals surface area contributed by atoms with Crippen molar-refractivity contribution in [2.24, 2.45) is 16.8 Å². The number of hydrazone groups is 1. The number of rotatable bonds is 5. The minimum atomic E-state index is -0.633. The predicted octanol–water partition coefficient (Wildman–Crippen LogP) is 1.91. The molecule has 2 amide bonds. The Morgan fingerprint density at radius 1 is 1.50 bits per heavy atom. The van der Waals surface area contributed by atoms with E-state index in [1.807, 2.05) is 18.2 Å². The number of primary amides is 1. The standard InChI is InChI=1S/C12H17N3O/c1-10(9-14-15-12(13)16)7-8-11-5-3-2-4-6-11/h2-6,9-10H,7-8H2,1H3,(H3,13,15,16). The van der Waals surface area contributed by atoms with Crippen LogP contribution in [0.4, 0.5) is 4.79 Å². The second-order valence-corrected chi connectivity index (χ2v) is 3.76. The molecule has 86 valence electrons. The third kappa shape index (κ3) is 5.14. The lowest BCUT2D eigenvalue weighted by Crippen LogP contribution is -2.24. The normalized spacial score (nSPS) is 12.6.